The van der Waals surface area contributed by atoms with E-state index in [0.29, 0.717) is 24.2 Å². The van der Waals surface area contributed by atoms with Gasteiger partial charge in [0.05, 0.1) is 12.2 Å². The van der Waals surface area contributed by atoms with Crippen molar-refractivity contribution in [3.63, 3.8) is 0 Å². The highest BCUT2D eigenvalue weighted by Crippen LogP contribution is 2.23. The van der Waals surface area contributed by atoms with Crippen LogP contribution in [-0.4, -0.2) is 60.0 Å². The SMILES string of the molecule is Cc1nc(CN2CCN(C(=O)CC(C)C3CCCNC3)CC2)oc1C. The first-order valence-corrected chi connectivity index (χ1v) is 9.66. The zero-order valence-electron chi connectivity index (χ0n) is 15.9. The van der Waals surface area contributed by atoms with Crippen LogP contribution in [0.2, 0.25) is 0 Å². The van der Waals surface area contributed by atoms with Gasteiger partial charge in [-0.15, -0.1) is 0 Å². The summed E-state index contributed by atoms with van der Waals surface area (Å²) in [5.41, 5.74) is 0.968. The van der Waals surface area contributed by atoms with Crippen LogP contribution in [0.4, 0.5) is 0 Å². The van der Waals surface area contributed by atoms with E-state index in [1.54, 1.807) is 0 Å². The van der Waals surface area contributed by atoms with E-state index < -0.39 is 0 Å². The van der Waals surface area contributed by atoms with Gasteiger partial charge in [0.15, 0.2) is 0 Å². The largest absolute Gasteiger partial charge is 0.444 e. The van der Waals surface area contributed by atoms with Crippen LogP contribution in [-0.2, 0) is 11.3 Å². The van der Waals surface area contributed by atoms with Crippen LogP contribution in [0.1, 0.15) is 43.5 Å². The summed E-state index contributed by atoms with van der Waals surface area (Å²) in [6, 6.07) is 0. The molecule has 0 aliphatic carbocycles. The fraction of sp³-hybridized carbons (Fsp3) is 0.789. The molecule has 1 aromatic heterocycles. The Kier molecular flexibility index (Phi) is 6.12. The van der Waals surface area contributed by atoms with E-state index in [-0.39, 0.29) is 0 Å². The zero-order chi connectivity index (χ0) is 17.8. The van der Waals surface area contributed by atoms with Crippen molar-refractivity contribution in [2.24, 2.45) is 11.8 Å². The molecular formula is C19H32N4O2. The van der Waals surface area contributed by atoms with Gasteiger partial charge in [0.1, 0.15) is 5.76 Å². The predicted molar refractivity (Wildman–Crippen MR) is 97.2 cm³/mol. The van der Waals surface area contributed by atoms with Gasteiger partial charge in [0.25, 0.3) is 0 Å². The minimum atomic E-state index is 0.320. The van der Waals surface area contributed by atoms with Gasteiger partial charge in [-0.2, -0.15) is 0 Å². The van der Waals surface area contributed by atoms with Crippen LogP contribution in [0.25, 0.3) is 0 Å². The van der Waals surface area contributed by atoms with Gasteiger partial charge in [-0.05, 0) is 51.6 Å². The molecule has 6 heteroatoms. The summed E-state index contributed by atoms with van der Waals surface area (Å²) in [4.78, 5) is 21.4. The molecule has 1 N–H and O–H groups in total. The molecule has 25 heavy (non-hydrogen) atoms. The Morgan fingerprint density at radius 2 is 2.08 bits per heavy atom. The summed E-state index contributed by atoms with van der Waals surface area (Å²) in [6.07, 6.45) is 3.18. The highest BCUT2D eigenvalue weighted by atomic mass is 16.4. The van der Waals surface area contributed by atoms with E-state index >= 15 is 0 Å². The monoisotopic (exact) mass is 348 g/mol. The molecule has 3 rings (SSSR count). The van der Waals surface area contributed by atoms with Crippen LogP contribution in [0, 0.1) is 25.7 Å². The van der Waals surface area contributed by atoms with Crippen LogP contribution in [0.15, 0.2) is 4.42 Å². The lowest BCUT2D eigenvalue weighted by Gasteiger charge is -2.35. The Morgan fingerprint density at radius 3 is 2.68 bits per heavy atom. The smallest absolute Gasteiger partial charge is 0.222 e. The number of amides is 1. The van der Waals surface area contributed by atoms with Crippen molar-refractivity contribution in [1.82, 2.24) is 20.1 Å². The number of oxazole rings is 1. The molecule has 1 aromatic rings. The molecule has 140 valence electrons. The lowest BCUT2D eigenvalue weighted by Crippen LogP contribution is -2.49. The van der Waals surface area contributed by atoms with E-state index in [9.17, 15) is 4.79 Å². The highest BCUT2D eigenvalue weighted by Gasteiger charge is 2.26. The second-order valence-electron chi connectivity index (χ2n) is 7.69. The molecule has 1 amide bonds. The maximum Gasteiger partial charge on any atom is 0.222 e. The third kappa shape index (κ3) is 4.82. The minimum Gasteiger partial charge on any atom is -0.444 e. The number of carbonyl (C=O) groups is 1. The Bertz CT molecular complexity index is 552. The number of rotatable bonds is 5. The molecule has 2 unspecified atom stereocenters. The molecule has 6 nitrogen and oxygen atoms in total. The van der Waals surface area contributed by atoms with E-state index in [1.165, 1.54) is 12.8 Å². The molecule has 2 atom stereocenters. The molecule has 2 aliphatic heterocycles. The molecule has 0 radical (unpaired) electrons. The van der Waals surface area contributed by atoms with Crippen molar-refractivity contribution in [3.05, 3.63) is 17.3 Å². The van der Waals surface area contributed by atoms with Crippen LogP contribution in [0.3, 0.4) is 0 Å². The van der Waals surface area contributed by atoms with E-state index in [2.05, 4.69) is 22.1 Å². The van der Waals surface area contributed by atoms with Crippen LogP contribution >= 0.6 is 0 Å². The Morgan fingerprint density at radius 1 is 1.32 bits per heavy atom. The lowest BCUT2D eigenvalue weighted by atomic mass is 9.85. The summed E-state index contributed by atoms with van der Waals surface area (Å²) in [5, 5.41) is 3.46. The topological polar surface area (TPSA) is 61.6 Å². The van der Waals surface area contributed by atoms with Gasteiger partial charge in [0.2, 0.25) is 11.8 Å². The Hall–Kier alpha value is -1.40. The quantitative estimate of drug-likeness (QED) is 0.881. The minimum absolute atomic E-state index is 0.320. The number of hydrogen-bond acceptors (Lipinski definition) is 5. The van der Waals surface area contributed by atoms with Crippen molar-refractivity contribution in [2.45, 2.75) is 46.6 Å². The Balaban J connectivity index is 1.42. The molecule has 0 bridgehead atoms. The molecule has 2 aliphatic rings. The number of nitrogens with zero attached hydrogens (tertiary/aromatic N) is 3. The third-order valence-electron chi connectivity index (χ3n) is 5.79. The van der Waals surface area contributed by atoms with Gasteiger partial charge in [0, 0.05) is 32.6 Å². The van der Waals surface area contributed by atoms with Crippen LogP contribution < -0.4 is 5.32 Å². The van der Waals surface area contributed by atoms with Crippen molar-refractivity contribution in [1.29, 1.82) is 0 Å². The molecule has 0 saturated carbocycles. The molecule has 2 fully saturated rings. The van der Waals surface area contributed by atoms with Crippen molar-refractivity contribution in [3.8, 4) is 0 Å². The molecule has 2 saturated heterocycles. The van der Waals surface area contributed by atoms with Gasteiger partial charge >= 0.3 is 0 Å². The van der Waals surface area contributed by atoms with Gasteiger partial charge < -0.3 is 14.6 Å². The standard InChI is InChI=1S/C19H32N4O2/c1-14(17-5-4-6-20-12-17)11-19(24)23-9-7-22(8-10-23)13-18-21-15(2)16(3)25-18/h14,17,20H,4-13H2,1-3H3. The summed E-state index contributed by atoms with van der Waals surface area (Å²) < 4.78 is 5.67. The summed E-state index contributed by atoms with van der Waals surface area (Å²) in [5.74, 6) is 3.12. The maximum atomic E-state index is 12.6. The highest BCUT2D eigenvalue weighted by molar-refractivity contribution is 5.76. The second-order valence-corrected chi connectivity index (χ2v) is 7.69. The van der Waals surface area contributed by atoms with E-state index in [0.717, 1.165) is 63.2 Å². The van der Waals surface area contributed by atoms with E-state index in [4.69, 9.17) is 4.42 Å². The number of hydrogen-bond donors (Lipinski definition) is 1. The fourth-order valence-electron chi connectivity index (χ4n) is 3.89. The molecular weight excluding hydrogens is 316 g/mol. The number of nitrogens with one attached hydrogen (secondary N) is 1. The van der Waals surface area contributed by atoms with Gasteiger partial charge in [-0.1, -0.05) is 6.92 Å². The van der Waals surface area contributed by atoms with Crippen molar-refractivity contribution in [2.75, 3.05) is 39.3 Å². The number of aryl methyl sites for hydroxylation is 2. The lowest BCUT2D eigenvalue weighted by molar-refractivity contribution is -0.134. The first-order chi connectivity index (χ1) is 12.0. The molecule has 3 heterocycles. The number of aromatic nitrogens is 1. The summed E-state index contributed by atoms with van der Waals surface area (Å²) >= 11 is 0. The summed E-state index contributed by atoms with van der Waals surface area (Å²) in [6.45, 7) is 12.5. The summed E-state index contributed by atoms with van der Waals surface area (Å²) in [7, 11) is 0. The first kappa shape index (κ1) is 18.4. The van der Waals surface area contributed by atoms with Crippen LogP contribution in [0.5, 0.6) is 0 Å². The zero-order valence-corrected chi connectivity index (χ0v) is 15.9. The first-order valence-electron chi connectivity index (χ1n) is 9.66. The van der Waals surface area contributed by atoms with Crippen molar-refractivity contribution >= 4 is 5.91 Å². The van der Waals surface area contributed by atoms with Gasteiger partial charge in [-0.3, -0.25) is 9.69 Å². The maximum absolute atomic E-state index is 12.6. The third-order valence-corrected chi connectivity index (χ3v) is 5.79. The second kappa shape index (κ2) is 8.32. The molecule has 0 aromatic carbocycles. The normalized spacial score (nSPS) is 23.6. The number of piperidine rings is 1. The van der Waals surface area contributed by atoms with Crippen molar-refractivity contribution < 1.29 is 9.21 Å². The number of carbonyl (C=O) groups excluding carboxylic acids is 1. The number of piperazine rings is 1. The Labute approximate surface area is 151 Å². The predicted octanol–water partition coefficient (Wildman–Crippen LogP) is 1.96. The average Bonchev–Trinajstić information content (AvgIpc) is 2.93. The van der Waals surface area contributed by atoms with Gasteiger partial charge in [-0.25, -0.2) is 4.98 Å². The average molecular weight is 348 g/mol. The fourth-order valence-corrected chi connectivity index (χ4v) is 3.89. The van der Waals surface area contributed by atoms with E-state index in [1.807, 2.05) is 18.7 Å². The molecule has 0 spiro atoms.